The predicted molar refractivity (Wildman–Crippen MR) is 113 cm³/mol. The van der Waals surface area contributed by atoms with E-state index in [0.29, 0.717) is 31.9 Å². The summed E-state index contributed by atoms with van der Waals surface area (Å²) < 4.78 is 11.4. The van der Waals surface area contributed by atoms with Crippen LogP contribution in [0.1, 0.15) is 42.8 Å². The fourth-order valence-electron chi connectivity index (χ4n) is 2.80. The molecule has 0 fully saturated rings. The monoisotopic (exact) mass is 392 g/mol. The van der Waals surface area contributed by atoms with E-state index in [0.717, 1.165) is 22.5 Å². The highest BCUT2D eigenvalue weighted by atomic mass is 16.5. The summed E-state index contributed by atoms with van der Waals surface area (Å²) in [5.74, 6) is 1.28. The lowest BCUT2D eigenvalue weighted by Crippen LogP contribution is -2.23. The molecule has 0 atom stereocenters. The quantitative estimate of drug-likeness (QED) is 0.567. The van der Waals surface area contributed by atoms with Gasteiger partial charge in [0.1, 0.15) is 0 Å². The molecular weight excluding hydrogens is 364 g/mol. The van der Waals surface area contributed by atoms with Crippen LogP contribution in [0.3, 0.4) is 0 Å². The fourth-order valence-corrected chi connectivity index (χ4v) is 2.80. The van der Waals surface area contributed by atoms with Crippen molar-refractivity contribution in [2.45, 2.75) is 52.9 Å². The molecule has 5 nitrogen and oxygen atoms in total. The highest BCUT2D eigenvalue weighted by Gasteiger charge is 2.09. The highest BCUT2D eigenvalue weighted by molar-refractivity contribution is 5.76. The topological polar surface area (TPSA) is 64.4 Å². The molecule has 3 rings (SSSR count). The first-order chi connectivity index (χ1) is 14.0. The van der Waals surface area contributed by atoms with Gasteiger partial charge in [0.2, 0.25) is 5.91 Å². The van der Waals surface area contributed by atoms with Gasteiger partial charge < -0.3 is 14.5 Å². The van der Waals surface area contributed by atoms with Crippen molar-refractivity contribution in [2.24, 2.45) is 0 Å². The van der Waals surface area contributed by atoms with Crippen LogP contribution in [-0.4, -0.2) is 17.0 Å². The molecule has 0 saturated heterocycles. The minimum Gasteiger partial charge on any atom is -0.441 e. The molecule has 0 aliphatic rings. The Hall–Kier alpha value is -2.92. The molecule has 29 heavy (non-hydrogen) atoms. The fraction of sp³-hybridized carbons (Fsp3) is 0.333. The van der Waals surface area contributed by atoms with Crippen LogP contribution in [0.2, 0.25) is 0 Å². The minimum atomic E-state index is -0.0210. The number of amides is 1. The van der Waals surface area contributed by atoms with Crippen molar-refractivity contribution in [2.75, 3.05) is 0 Å². The van der Waals surface area contributed by atoms with Crippen LogP contribution in [0.25, 0.3) is 11.3 Å². The summed E-state index contributed by atoms with van der Waals surface area (Å²) in [4.78, 5) is 16.4. The van der Waals surface area contributed by atoms with Crippen LogP contribution in [0.15, 0.2) is 59.1 Å². The second-order valence-electron chi connectivity index (χ2n) is 7.44. The maximum Gasteiger partial charge on any atom is 0.220 e. The number of hydrogen-bond acceptors (Lipinski definition) is 4. The van der Waals surface area contributed by atoms with Crippen LogP contribution in [0, 0.1) is 6.92 Å². The van der Waals surface area contributed by atoms with Gasteiger partial charge in [-0.1, -0.05) is 54.1 Å². The lowest BCUT2D eigenvalue weighted by molar-refractivity contribution is -0.121. The summed E-state index contributed by atoms with van der Waals surface area (Å²) in [6.07, 6.45) is 2.74. The van der Waals surface area contributed by atoms with Crippen LogP contribution in [0.4, 0.5) is 0 Å². The molecule has 152 valence electrons. The molecule has 0 spiro atoms. The number of benzene rings is 2. The standard InChI is InChI=1S/C24H28N2O3/c1-17(2)28-16-20-8-6-19(7-9-20)14-25-23(27)12-13-24-26-15-22(29-24)21-10-4-18(3)5-11-21/h4-11,15,17H,12-14,16H2,1-3H3,(H,25,27). The van der Waals surface area contributed by atoms with Gasteiger partial charge in [-0.2, -0.15) is 0 Å². The third-order valence-electron chi connectivity index (χ3n) is 4.55. The normalized spacial score (nSPS) is 11.0. The number of nitrogens with one attached hydrogen (secondary N) is 1. The van der Waals surface area contributed by atoms with Gasteiger partial charge >= 0.3 is 0 Å². The van der Waals surface area contributed by atoms with E-state index < -0.39 is 0 Å². The molecule has 1 aromatic heterocycles. The average molecular weight is 392 g/mol. The van der Waals surface area contributed by atoms with E-state index in [-0.39, 0.29) is 12.0 Å². The molecule has 2 aromatic carbocycles. The number of rotatable bonds is 9. The Morgan fingerprint density at radius 2 is 1.76 bits per heavy atom. The number of ether oxygens (including phenoxy) is 1. The van der Waals surface area contributed by atoms with Crippen LogP contribution in [-0.2, 0) is 29.1 Å². The summed E-state index contributed by atoms with van der Waals surface area (Å²) in [5, 5.41) is 2.94. The molecule has 1 heterocycles. The Morgan fingerprint density at radius 3 is 2.45 bits per heavy atom. The van der Waals surface area contributed by atoms with Crippen molar-refractivity contribution < 1.29 is 13.9 Å². The number of carbonyl (C=O) groups excluding carboxylic acids is 1. The molecule has 0 saturated carbocycles. The Balaban J connectivity index is 1.43. The molecule has 0 radical (unpaired) electrons. The summed E-state index contributed by atoms with van der Waals surface area (Å²) in [5.41, 5.74) is 4.37. The maximum absolute atomic E-state index is 12.1. The van der Waals surface area contributed by atoms with Gasteiger partial charge in [0.25, 0.3) is 0 Å². The Bertz CT molecular complexity index is 912. The van der Waals surface area contributed by atoms with Gasteiger partial charge in [0, 0.05) is 24.9 Å². The van der Waals surface area contributed by atoms with E-state index in [1.807, 2.05) is 69.3 Å². The lowest BCUT2D eigenvalue weighted by Gasteiger charge is -2.09. The molecule has 0 bridgehead atoms. The van der Waals surface area contributed by atoms with E-state index in [1.165, 1.54) is 5.56 Å². The zero-order valence-corrected chi connectivity index (χ0v) is 17.3. The third kappa shape index (κ3) is 6.57. The van der Waals surface area contributed by atoms with Gasteiger partial charge in [-0.3, -0.25) is 4.79 Å². The predicted octanol–water partition coefficient (Wildman–Crippen LogP) is 4.82. The largest absolute Gasteiger partial charge is 0.441 e. The zero-order chi connectivity index (χ0) is 20.6. The number of carbonyl (C=O) groups is 1. The van der Waals surface area contributed by atoms with Crippen molar-refractivity contribution in [3.8, 4) is 11.3 Å². The van der Waals surface area contributed by atoms with Crippen LogP contribution < -0.4 is 5.32 Å². The summed E-state index contributed by atoms with van der Waals surface area (Å²) in [7, 11) is 0. The zero-order valence-electron chi connectivity index (χ0n) is 17.3. The second-order valence-corrected chi connectivity index (χ2v) is 7.44. The first kappa shape index (κ1) is 20.8. The number of nitrogens with zero attached hydrogens (tertiary/aromatic N) is 1. The van der Waals surface area contributed by atoms with Gasteiger partial charge in [-0.05, 0) is 31.9 Å². The Morgan fingerprint density at radius 1 is 1.07 bits per heavy atom. The molecule has 0 unspecified atom stereocenters. The van der Waals surface area contributed by atoms with E-state index in [4.69, 9.17) is 9.15 Å². The maximum atomic E-state index is 12.1. The van der Waals surface area contributed by atoms with Crippen molar-refractivity contribution in [3.63, 3.8) is 0 Å². The second kappa shape index (κ2) is 10.0. The summed E-state index contributed by atoms with van der Waals surface area (Å²) >= 11 is 0. The Labute approximate surface area is 172 Å². The van der Waals surface area contributed by atoms with Gasteiger partial charge in [-0.25, -0.2) is 4.98 Å². The van der Waals surface area contributed by atoms with Crippen molar-refractivity contribution in [1.29, 1.82) is 0 Å². The molecule has 3 aromatic rings. The molecule has 5 heteroatoms. The van der Waals surface area contributed by atoms with E-state index >= 15 is 0 Å². The first-order valence-corrected chi connectivity index (χ1v) is 9.97. The van der Waals surface area contributed by atoms with Crippen LogP contribution in [0.5, 0.6) is 0 Å². The number of aryl methyl sites for hydroxylation is 2. The van der Waals surface area contributed by atoms with Crippen molar-refractivity contribution in [3.05, 3.63) is 77.3 Å². The van der Waals surface area contributed by atoms with E-state index in [1.54, 1.807) is 6.20 Å². The number of oxazole rings is 1. The Kier molecular flexibility index (Phi) is 7.19. The molecule has 0 aliphatic heterocycles. The molecule has 1 amide bonds. The summed E-state index contributed by atoms with van der Waals surface area (Å²) in [6, 6.07) is 16.2. The molecular formula is C24H28N2O3. The van der Waals surface area contributed by atoms with Gasteiger partial charge in [0.05, 0.1) is 18.9 Å². The van der Waals surface area contributed by atoms with Crippen LogP contribution >= 0.6 is 0 Å². The van der Waals surface area contributed by atoms with Crippen molar-refractivity contribution >= 4 is 5.91 Å². The van der Waals surface area contributed by atoms with E-state index in [9.17, 15) is 4.79 Å². The SMILES string of the molecule is Cc1ccc(-c2cnc(CCC(=O)NCc3ccc(COC(C)C)cc3)o2)cc1. The minimum absolute atomic E-state index is 0.0210. The number of hydrogen-bond donors (Lipinski definition) is 1. The van der Waals surface area contributed by atoms with Gasteiger partial charge in [-0.15, -0.1) is 0 Å². The molecule has 1 N–H and O–H groups in total. The molecule has 0 aliphatic carbocycles. The lowest BCUT2D eigenvalue weighted by atomic mass is 10.1. The number of aromatic nitrogens is 1. The van der Waals surface area contributed by atoms with Gasteiger partial charge in [0.15, 0.2) is 11.7 Å². The smallest absolute Gasteiger partial charge is 0.220 e. The van der Waals surface area contributed by atoms with E-state index in [2.05, 4.69) is 10.3 Å². The van der Waals surface area contributed by atoms with Crippen molar-refractivity contribution in [1.82, 2.24) is 10.3 Å². The summed E-state index contributed by atoms with van der Waals surface area (Å²) in [6.45, 7) is 7.19. The first-order valence-electron chi connectivity index (χ1n) is 9.97. The third-order valence-corrected chi connectivity index (χ3v) is 4.55. The average Bonchev–Trinajstić information content (AvgIpc) is 3.19. The highest BCUT2D eigenvalue weighted by Crippen LogP contribution is 2.21.